The number of Topliss-reactive ketones (excluding diaryl/α,β-unsaturated/α-hetero) is 2. The minimum absolute atomic E-state index is 0.0959. The van der Waals surface area contributed by atoms with Gasteiger partial charge in [-0.05, 0) is 61.4 Å². The van der Waals surface area contributed by atoms with Crippen LogP contribution >= 0.6 is 0 Å². The van der Waals surface area contributed by atoms with E-state index in [4.69, 9.17) is 18.9 Å². The summed E-state index contributed by atoms with van der Waals surface area (Å²) in [5.74, 6) is 1.65. The van der Waals surface area contributed by atoms with Crippen molar-refractivity contribution < 1.29 is 28.5 Å². The molecule has 2 aliphatic heterocycles. The Morgan fingerprint density at radius 2 is 1.00 bits per heavy atom. The van der Waals surface area contributed by atoms with E-state index in [-0.39, 0.29) is 23.4 Å². The highest BCUT2D eigenvalue weighted by molar-refractivity contribution is 5.98. The van der Waals surface area contributed by atoms with Gasteiger partial charge >= 0.3 is 0 Å². The lowest BCUT2D eigenvalue weighted by molar-refractivity contribution is 0.0283. The van der Waals surface area contributed by atoms with E-state index in [1.165, 1.54) is 0 Å². The van der Waals surface area contributed by atoms with Gasteiger partial charge in [0.05, 0.1) is 40.6 Å². The summed E-state index contributed by atoms with van der Waals surface area (Å²) in [6, 6.07) is 14.8. The van der Waals surface area contributed by atoms with Gasteiger partial charge in [0.2, 0.25) is 0 Å². The third-order valence-corrected chi connectivity index (χ3v) is 8.01. The standard InChI is InChI=1S/C32H44N2O6/c1-37-29-11-7-25(8-12-29)31(35)27(23-33-15-19-39-20-16-33)5-3-4-6-28(24-34-17-21-40-22-18-34)32(36)26-9-13-30(38-2)14-10-26/h7-14,27-28H,3-6,15-24H2,1-2H3. The van der Waals surface area contributed by atoms with Crippen molar-refractivity contribution >= 4 is 11.6 Å². The number of hydrogen-bond donors (Lipinski definition) is 0. The molecule has 4 rings (SSSR count). The van der Waals surface area contributed by atoms with Gasteiger partial charge in [0.25, 0.3) is 0 Å². The fraction of sp³-hybridized carbons (Fsp3) is 0.562. The first kappa shape index (κ1) is 30.2. The van der Waals surface area contributed by atoms with Crippen molar-refractivity contribution in [2.45, 2.75) is 25.7 Å². The third-order valence-electron chi connectivity index (χ3n) is 8.01. The minimum Gasteiger partial charge on any atom is -0.497 e. The van der Waals surface area contributed by atoms with E-state index in [1.54, 1.807) is 14.2 Å². The van der Waals surface area contributed by atoms with E-state index >= 15 is 0 Å². The van der Waals surface area contributed by atoms with Crippen molar-refractivity contribution in [2.75, 3.05) is 79.9 Å². The van der Waals surface area contributed by atoms with Crippen LogP contribution in [0.15, 0.2) is 48.5 Å². The van der Waals surface area contributed by atoms with Gasteiger partial charge in [-0.2, -0.15) is 0 Å². The molecule has 2 heterocycles. The smallest absolute Gasteiger partial charge is 0.167 e. The molecule has 0 aliphatic carbocycles. The Hall–Kier alpha value is -2.78. The highest BCUT2D eigenvalue weighted by Gasteiger charge is 2.26. The van der Waals surface area contributed by atoms with E-state index < -0.39 is 0 Å². The van der Waals surface area contributed by atoms with Crippen LogP contribution in [0, 0.1) is 11.8 Å². The SMILES string of the molecule is COc1ccc(C(=O)C(CCCCC(CN2CCOCC2)C(=O)c2ccc(OC)cc2)CN2CCOCC2)cc1. The Morgan fingerprint density at radius 1 is 0.650 bits per heavy atom. The second-order valence-corrected chi connectivity index (χ2v) is 10.7. The minimum atomic E-state index is -0.0959. The van der Waals surface area contributed by atoms with Crippen molar-refractivity contribution in [3.63, 3.8) is 0 Å². The van der Waals surface area contributed by atoms with E-state index in [1.807, 2.05) is 48.5 Å². The molecular weight excluding hydrogens is 508 g/mol. The molecule has 2 unspecified atom stereocenters. The summed E-state index contributed by atoms with van der Waals surface area (Å²) in [4.78, 5) is 31.8. The summed E-state index contributed by atoms with van der Waals surface area (Å²) in [7, 11) is 3.26. The van der Waals surface area contributed by atoms with Crippen LogP contribution in [-0.2, 0) is 9.47 Å². The van der Waals surface area contributed by atoms with E-state index in [0.29, 0.717) is 26.4 Å². The summed E-state index contributed by atoms with van der Waals surface area (Å²) in [5.41, 5.74) is 1.44. The van der Waals surface area contributed by atoms with Gasteiger partial charge in [0.15, 0.2) is 11.6 Å². The maximum Gasteiger partial charge on any atom is 0.167 e. The average molecular weight is 553 g/mol. The van der Waals surface area contributed by atoms with Crippen LogP contribution in [-0.4, -0.2) is 101 Å². The molecule has 40 heavy (non-hydrogen) atoms. The molecule has 2 atom stereocenters. The molecule has 0 aromatic heterocycles. The molecule has 0 radical (unpaired) electrons. The Kier molecular flexibility index (Phi) is 12.0. The quantitative estimate of drug-likeness (QED) is 0.240. The average Bonchev–Trinajstić information content (AvgIpc) is 3.02. The van der Waals surface area contributed by atoms with Crippen LogP contribution in [0.2, 0.25) is 0 Å². The van der Waals surface area contributed by atoms with E-state index in [0.717, 1.165) is 87.6 Å². The predicted octanol–water partition coefficient (Wildman–Crippen LogP) is 4.23. The van der Waals surface area contributed by atoms with Crippen molar-refractivity contribution in [3.05, 3.63) is 59.7 Å². The molecule has 218 valence electrons. The van der Waals surface area contributed by atoms with Gasteiger partial charge in [-0.25, -0.2) is 0 Å². The molecule has 0 saturated carbocycles. The Balaban J connectivity index is 1.39. The number of carbonyl (C=O) groups excluding carboxylic acids is 2. The summed E-state index contributed by atoms with van der Waals surface area (Å²) in [5, 5.41) is 0. The predicted molar refractivity (Wildman–Crippen MR) is 155 cm³/mol. The summed E-state index contributed by atoms with van der Waals surface area (Å²) in [6.45, 7) is 7.70. The van der Waals surface area contributed by atoms with Crippen LogP contribution in [0.3, 0.4) is 0 Å². The van der Waals surface area contributed by atoms with Crippen LogP contribution in [0.1, 0.15) is 46.4 Å². The summed E-state index contributed by atoms with van der Waals surface area (Å²) >= 11 is 0. The molecule has 2 aromatic carbocycles. The Labute approximate surface area is 238 Å². The third kappa shape index (κ3) is 8.86. The molecule has 2 saturated heterocycles. The first-order chi connectivity index (χ1) is 19.6. The van der Waals surface area contributed by atoms with Crippen molar-refractivity contribution in [1.82, 2.24) is 9.80 Å². The normalized spacial score (nSPS) is 18.1. The second kappa shape index (κ2) is 15.9. The molecule has 0 bridgehead atoms. The highest BCUT2D eigenvalue weighted by Crippen LogP contribution is 2.24. The first-order valence-electron chi connectivity index (χ1n) is 14.5. The first-order valence-corrected chi connectivity index (χ1v) is 14.5. The zero-order valence-corrected chi connectivity index (χ0v) is 24.0. The summed E-state index contributed by atoms with van der Waals surface area (Å²) in [6.07, 6.45) is 3.38. The monoisotopic (exact) mass is 552 g/mol. The van der Waals surface area contributed by atoms with Crippen molar-refractivity contribution in [3.8, 4) is 11.5 Å². The molecule has 0 amide bonds. The lowest BCUT2D eigenvalue weighted by atomic mass is 9.88. The van der Waals surface area contributed by atoms with E-state index in [9.17, 15) is 9.59 Å². The van der Waals surface area contributed by atoms with Gasteiger partial charge in [-0.3, -0.25) is 19.4 Å². The number of methoxy groups -OCH3 is 2. The summed E-state index contributed by atoms with van der Waals surface area (Å²) < 4.78 is 21.6. The van der Waals surface area contributed by atoms with Crippen LogP contribution in [0.25, 0.3) is 0 Å². The molecule has 8 heteroatoms. The number of benzene rings is 2. The van der Waals surface area contributed by atoms with Crippen molar-refractivity contribution in [1.29, 1.82) is 0 Å². The number of morpholine rings is 2. The topological polar surface area (TPSA) is 77.5 Å². The number of ether oxygens (including phenoxy) is 4. The van der Waals surface area contributed by atoms with Gasteiger partial charge in [0.1, 0.15) is 11.5 Å². The largest absolute Gasteiger partial charge is 0.497 e. The highest BCUT2D eigenvalue weighted by atomic mass is 16.5. The molecule has 2 fully saturated rings. The molecule has 0 spiro atoms. The molecular formula is C32H44N2O6. The van der Waals surface area contributed by atoms with Gasteiger partial charge < -0.3 is 18.9 Å². The molecule has 2 aromatic rings. The van der Waals surface area contributed by atoms with Crippen LogP contribution in [0.4, 0.5) is 0 Å². The number of nitrogens with zero attached hydrogens (tertiary/aromatic N) is 2. The van der Waals surface area contributed by atoms with Gasteiger partial charge in [-0.1, -0.05) is 12.8 Å². The fourth-order valence-corrected chi connectivity index (χ4v) is 5.56. The lowest BCUT2D eigenvalue weighted by Gasteiger charge is -2.31. The Morgan fingerprint density at radius 3 is 1.32 bits per heavy atom. The number of carbonyl (C=O) groups is 2. The number of unbranched alkanes of at least 4 members (excludes halogenated alkanes) is 1. The van der Waals surface area contributed by atoms with Crippen LogP contribution < -0.4 is 9.47 Å². The zero-order valence-electron chi connectivity index (χ0n) is 24.0. The molecule has 8 nitrogen and oxygen atoms in total. The maximum atomic E-state index is 13.6. The number of hydrogen-bond acceptors (Lipinski definition) is 8. The maximum absolute atomic E-state index is 13.6. The lowest BCUT2D eigenvalue weighted by Crippen LogP contribution is -2.41. The van der Waals surface area contributed by atoms with Gasteiger partial charge in [0, 0.05) is 62.2 Å². The second-order valence-electron chi connectivity index (χ2n) is 10.7. The molecule has 2 aliphatic rings. The number of rotatable bonds is 15. The molecule has 0 N–H and O–H groups in total. The Bertz CT molecular complexity index is 961. The fourth-order valence-electron chi connectivity index (χ4n) is 5.56. The zero-order chi connectivity index (χ0) is 28.2. The number of ketones is 2. The van der Waals surface area contributed by atoms with Crippen LogP contribution in [0.5, 0.6) is 11.5 Å². The van der Waals surface area contributed by atoms with Gasteiger partial charge in [-0.15, -0.1) is 0 Å². The van der Waals surface area contributed by atoms with E-state index in [2.05, 4.69) is 9.80 Å². The van der Waals surface area contributed by atoms with Crippen molar-refractivity contribution in [2.24, 2.45) is 11.8 Å².